The second-order valence-corrected chi connectivity index (χ2v) is 8.10. The Morgan fingerprint density at radius 2 is 1.93 bits per heavy atom. The van der Waals surface area contributed by atoms with Gasteiger partial charge in [0.2, 0.25) is 0 Å². The first-order chi connectivity index (χ1) is 14.0. The Bertz CT molecular complexity index is 1010. The van der Waals surface area contributed by atoms with Crippen LogP contribution in [0.25, 0.3) is 0 Å². The van der Waals surface area contributed by atoms with Gasteiger partial charge in [0.1, 0.15) is 4.88 Å². The van der Waals surface area contributed by atoms with E-state index in [-0.39, 0.29) is 17.7 Å². The monoisotopic (exact) mass is 409 g/mol. The van der Waals surface area contributed by atoms with Gasteiger partial charge in [0.25, 0.3) is 11.8 Å². The highest BCUT2D eigenvalue weighted by molar-refractivity contribution is 7.11. The molecule has 2 aromatic heterocycles. The van der Waals surface area contributed by atoms with Gasteiger partial charge in [-0.3, -0.25) is 14.7 Å². The first kappa shape index (κ1) is 19.3. The highest BCUT2D eigenvalue weighted by Gasteiger charge is 2.28. The van der Waals surface area contributed by atoms with E-state index in [4.69, 9.17) is 0 Å². The third-order valence-corrected chi connectivity index (χ3v) is 6.34. The lowest BCUT2D eigenvalue weighted by Crippen LogP contribution is -2.37. The summed E-state index contributed by atoms with van der Waals surface area (Å²) >= 11 is 1.40. The van der Waals surface area contributed by atoms with Gasteiger partial charge in [0.15, 0.2) is 5.69 Å². The van der Waals surface area contributed by atoms with Gasteiger partial charge in [-0.25, -0.2) is 4.98 Å². The predicted octanol–water partition coefficient (Wildman–Crippen LogP) is 3.47. The standard InChI is InChI=1S/C21H23N5O2S/c1-14-19(29-13-22-14)21(28)26-10-8-15(9-11-26)17-12-18(24-23-17)20(27)25(2)16-6-4-3-5-7-16/h3-7,12-13,15H,8-11H2,1-2H3,(H,23,24). The normalized spacial score (nSPS) is 14.8. The molecule has 1 fully saturated rings. The van der Waals surface area contributed by atoms with Crippen LogP contribution in [0.2, 0.25) is 0 Å². The van der Waals surface area contributed by atoms with Crippen molar-refractivity contribution in [2.24, 2.45) is 0 Å². The minimum atomic E-state index is -0.146. The van der Waals surface area contributed by atoms with Gasteiger partial charge < -0.3 is 9.80 Å². The number of aromatic nitrogens is 3. The number of anilines is 1. The summed E-state index contributed by atoms with van der Waals surface area (Å²) in [7, 11) is 1.75. The number of hydrogen-bond acceptors (Lipinski definition) is 5. The summed E-state index contributed by atoms with van der Waals surface area (Å²) in [4.78, 5) is 33.8. The van der Waals surface area contributed by atoms with Crippen molar-refractivity contribution in [3.8, 4) is 0 Å². The number of aryl methyl sites for hydroxylation is 1. The maximum atomic E-state index is 12.7. The zero-order chi connectivity index (χ0) is 20.4. The zero-order valence-corrected chi connectivity index (χ0v) is 17.3. The topological polar surface area (TPSA) is 82.2 Å². The highest BCUT2D eigenvalue weighted by Crippen LogP contribution is 2.29. The third-order valence-electron chi connectivity index (χ3n) is 5.43. The van der Waals surface area contributed by atoms with Crippen molar-refractivity contribution < 1.29 is 9.59 Å². The summed E-state index contributed by atoms with van der Waals surface area (Å²) in [5.41, 5.74) is 4.69. The number of likely N-dealkylation sites (tertiary alicyclic amines) is 1. The Morgan fingerprint density at radius 3 is 2.59 bits per heavy atom. The molecule has 0 spiro atoms. The van der Waals surface area contributed by atoms with Gasteiger partial charge >= 0.3 is 0 Å². The molecule has 8 heteroatoms. The average molecular weight is 410 g/mol. The van der Waals surface area contributed by atoms with Gasteiger partial charge in [-0.05, 0) is 38.0 Å². The molecule has 150 valence electrons. The lowest BCUT2D eigenvalue weighted by molar-refractivity contribution is 0.0716. The van der Waals surface area contributed by atoms with E-state index in [1.807, 2.05) is 48.2 Å². The molecule has 0 saturated carbocycles. The SMILES string of the molecule is Cc1ncsc1C(=O)N1CCC(c2cc(C(=O)N(C)c3ccccc3)n[nH]2)CC1. The van der Waals surface area contributed by atoms with Crippen molar-refractivity contribution in [3.63, 3.8) is 0 Å². The summed E-state index contributed by atoms with van der Waals surface area (Å²) < 4.78 is 0. The first-order valence-corrected chi connectivity index (χ1v) is 10.5. The number of carbonyl (C=O) groups excluding carboxylic acids is 2. The molecule has 0 bridgehead atoms. The van der Waals surface area contributed by atoms with E-state index in [1.165, 1.54) is 11.3 Å². The maximum absolute atomic E-state index is 12.7. The van der Waals surface area contributed by atoms with Crippen LogP contribution in [-0.2, 0) is 0 Å². The van der Waals surface area contributed by atoms with Crippen LogP contribution in [0, 0.1) is 6.92 Å². The second-order valence-electron chi connectivity index (χ2n) is 7.24. The molecule has 1 aromatic carbocycles. The van der Waals surface area contributed by atoms with Crippen LogP contribution in [0.3, 0.4) is 0 Å². The summed E-state index contributed by atoms with van der Waals surface area (Å²) in [6.07, 6.45) is 1.68. The summed E-state index contributed by atoms with van der Waals surface area (Å²) in [6, 6.07) is 11.3. The Morgan fingerprint density at radius 1 is 1.21 bits per heavy atom. The molecule has 1 aliphatic heterocycles. The van der Waals surface area contributed by atoms with Crippen LogP contribution in [0.4, 0.5) is 5.69 Å². The van der Waals surface area contributed by atoms with E-state index in [1.54, 1.807) is 17.5 Å². The second kappa shape index (κ2) is 8.16. The molecule has 0 unspecified atom stereocenters. The minimum absolute atomic E-state index is 0.0633. The van der Waals surface area contributed by atoms with Crippen LogP contribution in [0.1, 0.15) is 50.3 Å². The molecule has 1 aliphatic rings. The van der Waals surface area contributed by atoms with Gasteiger partial charge in [-0.15, -0.1) is 11.3 Å². The number of nitrogens with one attached hydrogen (secondary N) is 1. The fourth-order valence-corrected chi connectivity index (χ4v) is 4.41. The molecule has 3 aromatic rings. The molecule has 0 aliphatic carbocycles. The number of amides is 2. The quantitative estimate of drug-likeness (QED) is 0.715. The first-order valence-electron chi connectivity index (χ1n) is 9.62. The fraction of sp³-hybridized carbons (Fsp3) is 0.333. The van der Waals surface area contributed by atoms with Crippen molar-refractivity contribution in [3.05, 3.63) is 63.9 Å². The van der Waals surface area contributed by atoms with Gasteiger partial charge in [-0.2, -0.15) is 5.10 Å². The van der Waals surface area contributed by atoms with Crippen LogP contribution >= 0.6 is 11.3 Å². The Labute approximate surface area is 173 Å². The van der Waals surface area contributed by atoms with E-state index >= 15 is 0 Å². The molecule has 0 atom stereocenters. The number of nitrogens with zero attached hydrogens (tertiary/aromatic N) is 4. The maximum Gasteiger partial charge on any atom is 0.278 e. The van der Waals surface area contributed by atoms with E-state index in [9.17, 15) is 9.59 Å². The summed E-state index contributed by atoms with van der Waals surface area (Å²) in [5.74, 6) is 0.179. The smallest absolute Gasteiger partial charge is 0.278 e. The highest BCUT2D eigenvalue weighted by atomic mass is 32.1. The Kier molecular flexibility index (Phi) is 5.44. The number of aromatic amines is 1. The lowest BCUT2D eigenvalue weighted by atomic mass is 9.93. The van der Waals surface area contributed by atoms with Crippen LogP contribution in [-0.4, -0.2) is 52.0 Å². The summed E-state index contributed by atoms with van der Waals surface area (Å²) in [5, 5.41) is 7.28. The lowest BCUT2D eigenvalue weighted by Gasteiger charge is -2.31. The number of para-hydroxylation sites is 1. The van der Waals surface area contributed by atoms with Crippen LogP contribution < -0.4 is 4.90 Å². The molecule has 1 N–H and O–H groups in total. The fourth-order valence-electron chi connectivity index (χ4n) is 3.64. The Hall–Kier alpha value is -3.00. The van der Waals surface area contributed by atoms with Crippen molar-refractivity contribution in [2.75, 3.05) is 25.0 Å². The van der Waals surface area contributed by atoms with Gasteiger partial charge in [-0.1, -0.05) is 18.2 Å². The predicted molar refractivity (Wildman–Crippen MR) is 112 cm³/mol. The molecule has 4 rings (SSSR count). The van der Waals surface area contributed by atoms with Crippen molar-refractivity contribution in [2.45, 2.75) is 25.7 Å². The number of thiazole rings is 1. The van der Waals surface area contributed by atoms with Gasteiger partial charge in [0.05, 0.1) is 11.2 Å². The zero-order valence-electron chi connectivity index (χ0n) is 16.5. The largest absolute Gasteiger partial charge is 0.338 e. The Balaban J connectivity index is 1.39. The van der Waals surface area contributed by atoms with E-state index in [2.05, 4.69) is 15.2 Å². The van der Waals surface area contributed by atoms with E-state index < -0.39 is 0 Å². The molecule has 7 nitrogen and oxygen atoms in total. The molecule has 29 heavy (non-hydrogen) atoms. The molecule has 2 amide bonds. The molecular formula is C21H23N5O2S. The van der Waals surface area contributed by atoms with Crippen molar-refractivity contribution >= 4 is 28.8 Å². The number of benzene rings is 1. The van der Waals surface area contributed by atoms with Crippen molar-refractivity contribution in [1.82, 2.24) is 20.1 Å². The summed E-state index contributed by atoms with van der Waals surface area (Å²) in [6.45, 7) is 3.24. The van der Waals surface area contributed by atoms with E-state index in [0.29, 0.717) is 18.8 Å². The third kappa shape index (κ3) is 3.93. The van der Waals surface area contributed by atoms with Crippen LogP contribution in [0.15, 0.2) is 41.9 Å². The van der Waals surface area contributed by atoms with Crippen LogP contribution in [0.5, 0.6) is 0 Å². The average Bonchev–Trinajstić information content (AvgIpc) is 3.42. The van der Waals surface area contributed by atoms with E-state index in [0.717, 1.165) is 34.8 Å². The number of hydrogen-bond donors (Lipinski definition) is 1. The molecule has 1 saturated heterocycles. The van der Waals surface area contributed by atoms with Crippen molar-refractivity contribution in [1.29, 1.82) is 0 Å². The number of piperidine rings is 1. The minimum Gasteiger partial charge on any atom is -0.338 e. The molecule has 0 radical (unpaired) electrons. The van der Waals surface area contributed by atoms with Gasteiger partial charge in [0, 0.05) is 37.4 Å². The molecule has 3 heterocycles. The number of rotatable bonds is 4. The number of carbonyl (C=O) groups is 2. The number of H-pyrrole nitrogens is 1. The molecular weight excluding hydrogens is 386 g/mol.